The number of likely N-dealkylation sites (tertiary alicyclic amines) is 1. The molecule has 0 aliphatic carbocycles. The van der Waals surface area contributed by atoms with Crippen molar-refractivity contribution in [3.05, 3.63) is 28.3 Å². The number of halogens is 2. The zero-order chi connectivity index (χ0) is 19.9. The second-order valence-corrected chi connectivity index (χ2v) is 7.74. The maximum Gasteiger partial charge on any atom is 0.407 e. The molecule has 2 heterocycles. The summed E-state index contributed by atoms with van der Waals surface area (Å²) in [6.45, 7) is 4.44. The lowest BCUT2D eigenvalue weighted by Crippen LogP contribution is -2.51. The number of rotatable bonds is 4. The average molecular weight is 389 g/mol. The third kappa shape index (κ3) is 3.91. The van der Waals surface area contributed by atoms with E-state index in [0.717, 1.165) is 0 Å². The molecule has 0 bridgehead atoms. The predicted octanol–water partition coefficient (Wildman–Crippen LogP) is 2.88. The molecule has 144 valence electrons. The van der Waals surface area contributed by atoms with Crippen molar-refractivity contribution in [2.24, 2.45) is 5.41 Å². The molecular formula is C17H22ClFN2O5. The van der Waals surface area contributed by atoms with E-state index in [4.69, 9.17) is 11.6 Å². The standard InChI is InChI=1S/C17H22ClFN2O5/c1-9-7-17(14(22)23,4-5-21(9)15(24)25)8-11-13(19)10(16(2,3)26)6-12(18)20-11/h6,9,26H,4-5,7-8H2,1-3H3,(H,22,23)(H,24,25). The molecule has 0 saturated carbocycles. The quantitative estimate of drug-likeness (QED) is 0.684. The van der Waals surface area contributed by atoms with Gasteiger partial charge in [-0.3, -0.25) is 4.79 Å². The Morgan fingerprint density at radius 2 is 2.08 bits per heavy atom. The highest BCUT2D eigenvalue weighted by Gasteiger charge is 2.46. The summed E-state index contributed by atoms with van der Waals surface area (Å²) in [4.78, 5) is 28.3. The minimum absolute atomic E-state index is 0.0279. The number of aliphatic hydroxyl groups is 1. The highest BCUT2D eigenvalue weighted by Crippen LogP contribution is 2.39. The summed E-state index contributed by atoms with van der Waals surface area (Å²) < 4.78 is 14.9. The van der Waals surface area contributed by atoms with Crippen LogP contribution in [0.4, 0.5) is 9.18 Å². The van der Waals surface area contributed by atoms with E-state index < -0.39 is 34.9 Å². The van der Waals surface area contributed by atoms with Crippen molar-refractivity contribution >= 4 is 23.7 Å². The average Bonchev–Trinajstić information content (AvgIpc) is 2.49. The normalized spacial score (nSPS) is 23.8. The van der Waals surface area contributed by atoms with Gasteiger partial charge in [0.15, 0.2) is 5.82 Å². The van der Waals surface area contributed by atoms with Crippen LogP contribution < -0.4 is 0 Å². The lowest BCUT2D eigenvalue weighted by atomic mass is 9.72. The van der Waals surface area contributed by atoms with Crippen molar-refractivity contribution in [3.8, 4) is 0 Å². The number of carboxylic acids is 1. The first-order chi connectivity index (χ1) is 11.9. The second kappa shape index (κ2) is 7.00. The van der Waals surface area contributed by atoms with Gasteiger partial charge in [-0.25, -0.2) is 14.2 Å². The summed E-state index contributed by atoms with van der Waals surface area (Å²) in [6.07, 6.45) is -1.30. The molecule has 9 heteroatoms. The fraction of sp³-hybridized carbons (Fsp3) is 0.588. The minimum Gasteiger partial charge on any atom is -0.481 e. The van der Waals surface area contributed by atoms with Gasteiger partial charge in [-0.15, -0.1) is 0 Å². The summed E-state index contributed by atoms with van der Waals surface area (Å²) in [5, 5.41) is 29.0. The molecular weight excluding hydrogens is 367 g/mol. The van der Waals surface area contributed by atoms with Gasteiger partial charge in [0.1, 0.15) is 5.15 Å². The SMILES string of the molecule is CC1CC(Cc2nc(Cl)cc(C(C)(C)O)c2F)(C(=O)O)CCN1C(=O)O. The lowest BCUT2D eigenvalue weighted by molar-refractivity contribution is -0.153. The number of aromatic nitrogens is 1. The molecule has 1 fully saturated rings. The zero-order valence-electron chi connectivity index (χ0n) is 14.8. The van der Waals surface area contributed by atoms with Crippen LogP contribution in [0.25, 0.3) is 0 Å². The maximum absolute atomic E-state index is 14.9. The molecule has 1 aliphatic rings. The van der Waals surface area contributed by atoms with Gasteiger partial charge in [0.05, 0.1) is 16.7 Å². The molecule has 2 unspecified atom stereocenters. The Labute approximate surface area is 155 Å². The van der Waals surface area contributed by atoms with Gasteiger partial charge < -0.3 is 20.2 Å². The van der Waals surface area contributed by atoms with Gasteiger partial charge in [0, 0.05) is 24.6 Å². The summed E-state index contributed by atoms with van der Waals surface area (Å²) in [7, 11) is 0. The Balaban J connectivity index is 2.43. The molecule has 1 aromatic rings. The molecule has 2 atom stereocenters. The van der Waals surface area contributed by atoms with Crippen molar-refractivity contribution in [2.75, 3.05) is 6.54 Å². The number of hydrogen-bond donors (Lipinski definition) is 3. The molecule has 2 rings (SSSR count). The Hall–Kier alpha value is -1.93. The molecule has 1 aliphatic heterocycles. The topological polar surface area (TPSA) is 111 Å². The van der Waals surface area contributed by atoms with E-state index >= 15 is 0 Å². The molecule has 0 aromatic carbocycles. The third-order valence-corrected chi connectivity index (χ3v) is 5.10. The van der Waals surface area contributed by atoms with E-state index in [1.165, 1.54) is 24.8 Å². The van der Waals surface area contributed by atoms with Gasteiger partial charge in [-0.05, 0) is 39.7 Å². The Morgan fingerprint density at radius 3 is 2.54 bits per heavy atom. The molecule has 1 aromatic heterocycles. The minimum atomic E-state index is -1.51. The van der Waals surface area contributed by atoms with Gasteiger partial charge in [0.25, 0.3) is 0 Å². The van der Waals surface area contributed by atoms with Gasteiger partial charge in [-0.1, -0.05) is 11.6 Å². The van der Waals surface area contributed by atoms with Crippen LogP contribution in [0.3, 0.4) is 0 Å². The van der Waals surface area contributed by atoms with Crippen molar-refractivity contribution < 1.29 is 29.3 Å². The Bertz CT molecular complexity index is 737. The van der Waals surface area contributed by atoms with Crippen molar-refractivity contribution in [1.82, 2.24) is 9.88 Å². The van der Waals surface area contributed by atoms with Gasteiger partial charge >= 0.3 is 12.1 Å². The number of amides is 1. The number of carbonyl (C=O) groups is 2. The fourth-order valence-corrected chi connectivity index (χ4v) is 3.69. The second-order valence-electron chi connectivity index (χ2n) is 7.35. The van der Waals surface area contributed by atoms with Crippen LogP contribution >= 0.6 is 11.6 Å². The van der Waals surface area contributed by atoms with Crippen molar-refractivity contribution in [3.63, 3.8) is 0 Å². The van der Waals surface area contributed by atoms with E-state index in [1.54, 1.807) is 6.92 Å². The van der Waals surface area contributed by atoms with Crippen LogP contribution in [-0.4, -0.2) is 49.9 Å². The summed E-state index contributed by atoms with van der Waals surface area (Å²) >= 11 is 5.94. The van der Waals surface area contributed by atoms with E-state index in [-0.39, 0.29) is 42.2 Å². The van der Waals surface area contributed by atoms with Crippen LogP contribution in [0.1, 0.15) is 44.9 Å². The molecule has 1 saturated heterocycles. The summed E-state index contributed by atoms with van der Waals surface area (Å²) in [5.74, 6) is -1.93. The highest BCUT2D eigenvalue weighted by molar-refractivity contribution is 6.29. The number of nitrogens with zero attached hydrogens (tertiary/aromatic N) is 2. The van der Waals surface area contributed by atoms with Crippen molar-refractivity contribution in [1.29, 1.82) is 0 Å². The number of pyridine rings is 1. The summed E-state index contributed by atoms with van der Waals surface area (Å²) in [5.41, 5.74) is -3.08. The zero-order valence-corrected chi connectivity index (χ0v) is 15.5. The van der Waals surface area contributed by atoms with Crippen LogP contribution in [0.2, 0.25) is 5.15 Å². The smallest absolute Gasteiger partial charge is 0.407 e. The van der Waals surface area contributed by atoms with Crippen LogP contribution in [0.5, 0.6) is 0 Å². The maximum atomic E-state index is 14.9. The highest BCUT2D eigenvalue weighted by atomic mass is 35.5. The molecule has 7 nitrogen and oxygen atoms in total. The monoisotopic (exact) mass is 388 g/mol. The first kappa shape index (κ1) is 20.4. The number of aliphatic carboxylic acids is 1. The van der Waals surface area contributed by atoms with Gasteiger partial charge in [0.2, 0.25) is 0 Å². The largest absolute Gasteiger partial charge is 0.481 e. The molecule has 1 amide bonds. The molecule has 0 radical (unpaired) electrons. The first-order valence-electron chi connectivity index (χ1n) is 8.18. The molecule has 26 heavy (non-hydrogen) atoms. The van der Waals surface area contributed by atoms with E-state index in [1.807, 2.05) is 0 Å². The van der Waals surface area contributed by atoms with E-state index in [9.17, 15) is 29.3 Å². The van der Waals surface area contributed by atoms with E-state index in [0.29, 0.717) is 0 Å². The number of carboxylic acid groups (broad SMARTS) is 2. The summed E-state index contributed by atoms with van der Waals surface area (Å²) in [6, 6.07) is 0.678. The molecule has 0 spiro atoms. The first-order valence-corrected chi connectivity index (χ1v) is 8.56. The van der Waals surface area contributed by atoms with E-state index in [2.05, 4.69) is 4.98 Å². The lowest BCUT2D eigenvalue weighted by Gasteiger charge is -2.42. The Morgan fingerprint density at radius 1 is 1.46 bits per heavy atom. The molecule has 3 N–H and O–H groups in total. The fourth-order valence-electron chi connectivity index (χ4n) is 3.48. The van der Waals surface area contributed by atoms with Gasteiger partial charge in [-0.2, -0.15) is 0 Å². The Kier molecular flexibility index (Phi) is 5.49. The van der Waals surface area contributed by atoms with Crippen molar-refractivity contribution in [2.45, 2.75) is 51.7 Å². The van der Waals surface area contributed by atoms with Crippen LogP contribution in [0, 0.1) is 11.2 Å². The number of hydrogen-bond acceptors (Lipinski definition) is 4. The number of piperidine rings is 1. The van der Waals surface area contributed by atoms with Crippen LogP contribution in [0.15, 0.2) is 6.07 Å². The predicted molar refractivity (Wildman–Crippen MR) is 91.6 cm³/mol. The van der Waals surface area contributed by atoms with Crippen LogP contribution in [-0.2, 0) is 16.8 Å². The third-order valence-electron chi connectivity index (χ3n) is 4.91.